The van der Waals surface area contributed by atoms with Gasteiger partial charge in [0.2, 0.25) is 5.91 Å². The van der Waals surface area contributed by atoms with E-state index in [0.717, 1.165) is 12.0 Å². The third-order valence-electron chi connectivity index (χ3n) is 2.14. The summed E-state index contributed by atoms with van der Waals surface area (Å²) < 4.78 is 1.76. The lowest BCUT2D eigenvalue weighted by Gasteiger charge is -2.17. The lowest BCUT2D eigenvalue weighted by Crippen LogP contribution is -2.35. The largest absolute Gasteiger partial charge is 0.355 e. The van der Waals surface area contributed by atoms with Crippen molar-refractivity contribution < 1.29 is 4.79 Å². The molecule has 1 amide bonds. The first-order chi connectivity index (χ1) is 6.89. The lowest BCUT2D eigenvalue weighted by atomic mass is 9.96. The van der Waals surface area contributed by atoms with Gasteiger partial charge in [0.15, 0.2) is 0 Å². The van der Waals surface area contributed by atoms with Crippen molar-refractivity contribution >= 4 is 5.91 Å². The van der Waals surface area contributed by atoms with E-state index < -0.39 is 0 Å². The zero-order valence-electron chi connectivity index (χ0n) is 9.87. The Kier molecular flexibility index (Phi) is 3.50. The first-order valence-electron chi connectivity index (χ1n) is 5.15. The number of carbonyl (C=O) groups is 1. The number of hydrogen-bond acceptors (Lipinski definition) is 2. The SMILES string of the molecule is Cn1cc(CCNC(=O)C(C)(C)C)cn1. The molecule has 1 aromatic heterocycles. The minimum Gasteiger partial charge on any atom is -0.355 e. The quantitative estimate of drug-likeness (QED) is 0.811. The highest BCUT2D eigenvalue weighted by Gasteiger charge is 2.20. The molecule has 0 aliphatic carbocycles. The van der Waals surface area contributed by atoms with E-state index in [2.05, 4.69) is 10.4 Å². The summed E-state index contributed by atoms with van der Waals surface area (Å²) in [6.45, 7) is 6.40. The molecule has 15 heavy (non-hydrogen) atoms. The van der Waals surface area contributed by atoms with E-state index in [4.69, 9.17) is 0 Å². The topological polar surface area (TPSA) is 46.9 Å². The number of carbonyl (C=O) groups excluding carboxylic acids is 1. The van der Waals surface area contributed by atoms with Gasteiger partial charge in [0, 0.05) is 25.2 Å². The molecule has 0 atom stereocenters. The maximum atomic E-state index is 11.5. The van der Waals surface area contributed by atoms with E-state index in [0.29, 0.717) is 6.54 Å². The molecule has 0 unspecified atom stereocenters. The molecular formula is C11H19N3O. The van der Waals surface area contributed by atoms with E-state index in [1.165, 1.54) is 0 Å². The maximum Gasteiger partial charge on any atom is 0.225 e. The molecule has 1 N–H and O–H groups in total. The van der Waals surface area contributed by atoms with Crippen molar-refractivity contribution in [2.45, 2.75) is 27.2 Å². The van der Waals surface area contributed by atoms with Gasteiger partial charge in [-0.2, -0.15) is 5.10 Å². The Labute approximate surface area is 90.7 Å². The molecule has 0 radical (unpaired) electrons. The number of rotatable bonds is 3. The highest BCUT2D eigenvalue weighted by Crippen LogP contribution is 2.12. The van der Waals surface area contributed by atoms with Gasteiger partial charge in [-0.1, -0.05) is 20.8 Å². The molecule has 0 spiro atoms. The van der Waals surface area contributed by atoms with Gasteiger partial charge in [-0.15, -0.1) is 0 Å². The molecule has 4 heteroatoms. The van der Waals surface area contributed by atoms with Crippen LogP contribution in [0.15, 0.2) is 12.4 Å². The van der Waals surface area contributed by atoms with Gasteiger partial charge in [0.1, 0.15) is 0 Å². The summed E-state index contributed by atoms with van der Waals surface area (Å²) in [6, 6.07) is 0. The molecule has 84 valence electrons. The van der Waals surface area contributed by atoms with Gasteiger partial charge >= 0.3 is 0 Å². The molecule has 0 aliphatic heterocycles. The molecule has 0 saturated heterocycles. The zero-order chi connectivity index (χ0) is 11.5. The van der Waals surface area contributed by atoms with Crippen molar-refractivity contribution in [1.29, 1.82) is 0 Å². The van der Waals surface area contributed by atoms with Crippen LogP contribution in [0, 0.1) is 5.41 Å². The molecule has 0 aromatic carbocycles. The van der Waals surface area contributed by atoms with E-state index in [-0.39, 0.29) is 11.3 Å². The van der Waals surface area contributed by atoms with Gasteiger partial charge in [-0.3, -0.25) is 9.48 Å². The van der Waals surface area contributed by atoms with Crippen molar-refractivity contribution in [3.8, 4) is 0 Å². The van der Waals surface area contributed by atoms with Gasteiger partial charge < -0.3 is 5.32 Å². The zero-order valence-corrected chi connectivity index (χ0v) is 9.87. The Morgan fingerprint density at radius 2 is 2.20 bits per heavy atom. The van der Waals surface area contributed by atoms with Gasteiger partial charge in [-0.05, 0) is 12.0 Å². The van der Waals surface area contributed by atoms with Crippen LogP contribution in [-0.2, 0) is 18.3 Å². The molecule has 1 heterocycles. The van der Waals surface area contributed by atoms with E-state index in [1.54, 1.807) is 4.68 Å². The number of nitrogens with one attached hydrogen (secondary N) is 1. The van der Waals surface area contributed by atoms with E-state index in [1.807, 2.05) is 40.2 Å². The maximum absolute atomic E-state index is 11.5. The Hall–Kier alpha value is -1.32. The number of amides is 1. The second kappa shape index (κ2) is 4.47. The lowest BCUT2D eigenvalue weighted by molar-refractivity contribution is -0.128. The van der Waals surface area contributed by atoms with Gasteiger partial charge in [0.25, 0.3) is 0 Å². The highest BCUT2D eigenvalue weighted by atomic mass is 16.2. The fraction of sp³-hybridized carbons (Fsp3) is 0.636. The number of nitrogens with zero attached hydrogens (tertiary/aromatic N) is 2. The molecule has 0 fully saturated rings. The van der Waals surface area contributed by atoms with Crippen LogP contribution >= 0.6 is 0 Å². The molecule has 4 nitrogen and oxygen atoms in total. The smallest absolute Gasteiger partial charge is 0.225 e. The van der Waals surface area contributed by atoms with Crippen LogP contribution in [0.3, 0.4) is 0 Å². The highest BCUT2D eigenvalue weighted by molar-refractivity contribution is 5.81. The van der Waals surface area contributed by atoms with Crippen molar-refractivity contribution in [2.75, 3.05) is 6.54 Å². The number of hydrogen-bond donors (Lipinski definition) is 1. The number of aromatic nitrogens is 2. The molecule has 0 bridgehead atoms. The van der Waals surface area contributed by atoms with Crippen molar-refractivity contribution in [3.05, 3.63) is 18.0 Å². The summed E-state index contributed by atoms with van der Waals surface area (Å²) in [5, 5.41) is 6.97. The first kappa shape index (κ1) is 11.8. The Morgan fingerprint density at radius 3 is 2.67 bits per heavy atom. The van der Waals surface area contributed by atoms with Crippen LogP contribution in [0.5, 0.6) is 0 Å². The van der Waals surface area contributed by atoms with Crippen LogP contribution in [0.2, 0.25) is 0 Å². The van der Waals surface area contributed by atoms with Crippen molar-refractivity contribution in [1.82, 2.24) is 15.1 Å². The Balaban J connectivity index is 2.31. The average Bonchev–Trinajstić information content (AvgIpc) is 2.49. The summed E-state index contributed by atoms with van der Waals surface area (Å²) in [6.07, 6.45) is 4.61. The molecule has 1 rings (SSSR count). The van der Waals surface area contributed by atoms with Crippen LogP contribution in [0.4, 0.5) is 0 Å². The minimum atomic E-state index is -0.311. The van der Waals surface area contributed by atoms with Gasteiger partial charge in [0.05, 0.1) is 6.20 Å². The molecule has 0 saturated carbocycles. The molecule has 0 aliphatic rings. The summed E-state index contributed by atoms with van der Waals surface area (Å²) in [4.78, 5) is 11.5. The second-order valence-electron chi connectivity index (χ2n) is 4.78. The Bertz CT molecular complexity index is 336. The van der Waals surface area contributed by atoms with Crippen LogP contribution in [0.1, 0.15) is 26.3 Å². The van der Waals surface area contributed by atoms with Crippen molar-refractivity contribution in [2.24, 2.45) is 12.5 Å². The summed E-state index contributed by atoms with van der Waals surface area (Å²) in [5.41, 5.74) is 0.835. The molecule has 1 aromatic rings. The summed E-state index contributed by atoms with van der Waals surface area (Å²) in [5.74, 6) is 0.0893. The predicted molar refractivity (Wildman–Crippen MR) is 59.4 cm³/mol. The summed E-state index contributed by atoms with van der Waals surface area (Å²) in [7, 11) is 1.89. The number of aryl methyl sites for hydroxylation is 1. The van der Waals surface area contributed by atoms with E-state index >= 15 is 0 Å². The standard InChI is InChI=1S/C11H19N3O/c1-11(2,3)10(15)12-6-5-9-7-13-14(4)8-9/h7-8H,5-6H2,1-4H3,(H,12,15). The fourth-order valence-corrected chi connectivity index (χ4v) is 1.19. The Morgan fingerprint density at radius 1 is 1.53 bits per heavy atom. The second-order valence-corrected chi connectivity index (χ2v) is 4.78. The summed E-state index contributed by atoms with van der Waals surface area (Å²) >= 11 is 0. The molecular weight excluding hydrogens is 190 g/mol. The minimum absolute atomic E-state index is 0.0893. The third-order valence-corrected chi connectivity index (χ3v) is 2.14. The predicted octanol–water partition coefficient (Wildman–Crippen LogP) is 1.12. The van der Waals surface area contributed by atoms with E-state index in [9.17, 15) is 4.79 Å². The van der Waals surface area contributed by atoms with Crippen LogP contribution in [-0.4, -0.2) is 22.2 Å². The van der Waals surface area contributed by atoms with Crippen LogP contribution < -0.4 is 5.32 Å². The monoisotopic (exact) mass is 209 g/mol. The van der Waals surface area contributed by atoms with Gasteiger partial charge in [-0.25, -0.2) is 0 Å². The normalized spacial score (nSPS) is 11.5. The van der Waals surface area contributed by atoms with Crippen LogP contribution in [0.25, 0.3) is 0 Å². The fourth-order valence-electron chi connectivity index (χ4n) is 1.19. The van der Waals surface area contributed by atoms with Crippen molar-refractivity contribution in [3.63, 3.8) is 0 Å². The first-order valence-corrected chi connectivity index (χ1v) is 5.15. The average molecular weight is 209 g/mol. The third kappa shape index (κ3) is 3.73.